The van der Waals surface area contributed by atoms with Crippen molar-refractivity contribution < 1.29 is 8.83 Å². The Hall–Kier alpha value is -12.0. The minimum Gasteiger partial charge on any atom is -0.456 e. The summed E-state index contributed by atoms with van der Waals surface area (Å²) >= 11 is 0. The Morgan fingerprint density at radius 1 is 0.250 bits per heavy atom. The Morgan fingerprint density at radius 2 is 0.708 bits per heavy atom. The van der Waals surface area contributed by atoms with E-state index in [1.54, 1.807) is 0 Å². The fourth-order valence-electron chi connectivity index (χ4n) is 19.0. The molecule has 2 aromatic heterocycles. The van der Waals surface area contributed by atoms with Gasteiger partial charge in [-0.1, -0.05) is 250 Å². The van der Waals surface area contributed by atoms with Gasteiger partial charge in [0.25, 0.3) is 0 Å². The van der Waals surface area contributed by atoms with Gasteiger partial charge in [-0.2, -0.15) is 0 Å². The van der Waals surface area contributed by atoms with Crippen molar-refractivity contribution in [2.24, 2.45) is 0 Å². The first-order valence-corrected chi connectivity index (χ1v) is 33.6. The third-order valence-electron chi connectivity index (χ3n) is 22.9. The lowest BCUT2D eigenvalue weighted by molar-refractivity contribution is 0.657. The fourth-order valence-corrected chi connectivity index (χ4v) is 19.0. The van der Waals surface area contributed by atoms with Crippen LogP contribution >= 0.6 is 0 Å². The number of para-hydroxylation sites is 2. The van der Waals surface area contributed by atoms with Crippen LogP contribution in [0, 0.1) is 0 Å². The van der Waals surface area contributed by atoms with Gasteiger partial charge in [-0.25, -0.2) is 0 Å². The molecule has 3 heteroatoms. The van der Waals surface area contributed by atoms with E-state index in [9.17, 15) is 0 Å². The molecular weight excluding hydrogens is 1160 g/mol. The van der Waals surface area contributed by atoms with Gasteiger partial charge in [0.05, 0.1) is 10.8 Å². The smallest absolute Gasteiger partial charge is 0.143 e. The molecule has 0 N–H and O–H groups in total. The highest BCUT2D eigenvalue weighted by atomic mass is 16.3. The third-order valence-corrected chi connectivity index (χ3v) is 22.9. The molecule has 0 radical (unpaired) electrons. The lowest BCUT2D eigenvalue weighted by Gasteiger charge is -2.33. The first-order chi connectivity index (χ1) is 47.4. The quantitative estimate of drug-likeness (QED) is 0.172. The highest BCUT2D eigenvalue weighted by molar-refractivity contribution is 6.21. The van der Waals surface area contributed by atoms with E-state index in [4.69, 9.17) is 8.83 Å². The van der Waals surface area contributed by atoms with Crippen LogP contribution in [0.5, 0.6) is 0 Å². The van der Waals surface area contributed by atoms with E-state index < -0.39 is 16.2 Å². The number of hydrogen-bond acceptors (Lipinski definition) is 3. The van der Waals surface area contributed by atoms with Gasteiger partial charge in [0, 0.05) is 49.6 Å². The summed E-state index contributed by atoms with van der Waals surface area (Å²) in [6.07, 6.45) is 0. The van der Waals surface area contributed by atoms with Crippen molar-refractivity contribution in [2.45, 2.75) is 30.1 Å². The molecule has 15 aromatic carbocycles. The maximum Gasteiger partial charge on any atom is 0.143 e. The highest BCUT2D eigenvalue weighted by Gasteiger charge is 2.57. The van der Waals surface area contributed by atoms with Crippen LogP contribution in [-0.2, 0) is 16.2 Å². The van der Waals surface area contributed by atoms with Crippen LogP contribution in [0.1, 0.15) is 69.5 Å². The van der Waals surface area contributed by atoms with Crippen LogP contribution in [0.2, 0.25) is 0 Å². The standard InChI is InChI=1S/C93H57NO2/c1-91(2)78-49-58(44-46-67(78)86-82(91)52-71(61-32-20-24-56-23-6-7-25-60(56)61)90-89(86)69-31-13-19-38-84(69)96-90)94(57-41-39-55(40-42-57)54-21-4-3-5-22-54)59-43-45-66-70-51-81-72(53-80(70)93(79(66)50-59)75-35-16-10-28-64(75)65-29-11-17-36-76(65)93)87-77(47-48-85-88(87)68-30-12-18-37-83(68)95-85)92(81)73-33-14-8-26-62(73)63-27-9-15-34-74(63)92/h3-53H,1-2H3. The summed E-state index contributed by atoms with van der Waals surface area (Å²) in [5, 5.41) is 7.03. The van der Waals surface area contributed by atoms with Crippen LogP contribution < -0.4 is 4.90 Å². The molecule has 0 aliphatic heterocycles. The van der Waals surface area contributed by atoms with E-state index in [0.717, 1.165) is 55.7 Å². The van der Waals surface area contributed by atoms with Gasteiger partial charge in [-0.05, 0) is 212 Å². The number of anilines is 3. The van der Waals surface area contributed by atoms with E-state index in [1.165, 1.54) is 150 Å². The summed E-state index contributed by atoms with van der Waals surface area (Å²) < 4.78 is 13.9. The van der Waals surface area contributed by atoms with Crippen molar-refractivity contribution in [3.05, 3.63) is 365 Å². The zero-order valence-corrected chi connectivity index (χ0v) is 52.7. The van der Waals surface area contributed by atoms with Crippen LogP contribution in [0.15, 0.2) is 318 Å². The molecule has 5 aliphatic carbocycles. The van der Waals surface area contributed by atoms with Gasteiger partial charge in [0.15, 0.2) is 0 Å². The monoisotopic (exact) mass is 1220 g/mol. The summed E-state index contributed by atoms with van der Waals surface area (Å²) in [4.78, 5) is 2.53. The molecule has 2 spiro atoms. The van der Waals surface area contributed by atoms with Gasteiger partial charge < -0.3 is 13.7 Å². The van der Waals surface area contributed by atoms with E-state index in [-0.39, 0.29) is 0 Å². The van der Waals surface area contributed by atoms with Gasteiger partial charge in [0.2, 0.25) is 0 Å². The van der Waals surface area contributed by atoms with E-state index in [0.29, 0.717) is 0 Å². The molecule has 446 valence electrons. The number of furan rings is 2. The lowest BCUT2D eigenvalue weighted by atomic mass is 9.68. The van der Waals surface area contributed by atoms with Crippen molar-refractivity contribution in [3.8, 4) is 77.9 Å². The third kappa shape index (κ3) is 6.48. The number of hydrogen-bond donors (Lipinski definition) is 0. The normalized spacial score (nSPS) is 14.6. The molecule has 0 bridgehead atoms. The Bertz CT molecular complexity index is 6220. The maximum atomic E-state index is 7.07. The lowest BCUT2D eigenvalue weighted by Crippen LogP contribution is -2.27. The molecule has 17 aromatic rings. The van der Waals surface area contributed by atoms with Crippen LogP contribution in [0.25, 0.3) is 133 Å². The average Bonchev–Trinajstić information content (AvgIpc) is 1.49. The van der Waals surface area contributed by atoms with Gasteiger partial charge in [-0.15, -0.1) is 0 Å². The summed E-state index contributed by atoms with van der Waals surface area (Å²) in [6.45, 7) is 4.85. The number of rotatable bonds is 5. The molecule has 0 unspecified atom stereocenters. The maximum absolute atomic E-state index is 7.07. The Balaban J connectivity index is 0.802. The minimum absolute atomic E-state index is 0.401. The summed E-state index contributed by atoms with van der Waals surface area (Å²) in [5.74, 6) is 0. The van der Waals surface area contributed by atoms with E-state index in [1.807, 2.05) is 0 Å². The zero-order valence-electron chi connectivity index (χ0n) is 52.7. The molecular formula is C93H57NO2. The summed E-state index contributed by atoms with van der Waals surface area (Å²) in [7, 11) is 0. The SMILES string of the molecule is CC1(C)c2cc(N(c3ccc(-c4ccccc4)cc3)c3ccc4c(c3)C3(c5ccccc5-c5ccccc53)c3cc5c(cc3-4)C3(c4ccccc4-c4ccccc43)c3ccc4oc6ccccc6c4c3-5)ccc2-c2c1cc(-c1cccc3ccccc13)c1oc3ccccc3c21. The number of fused-ring (bicyclic) bond motifs is 32. The van der Waals surface area contributed by atoms with E-state index in [2.05, 4.69) is 328 Å². The number of nitrogens with zero attached hydrogens (tertiary/aromatic N) is 1. The molecule has 0 saturated heterocycles. The number of benzene rings is 15. The molecule has 0 atom stereocenters. The average molecular weight is 1220 g/mol. The van der Waals surface area contributed by atoms with Gasteiger partial charge in [0.1, 0.15) is 22.3 Å². The molecule has 3 nitrogen and oxygen atoms in total. The van der Waals surface area contributed by atoms with Gasteiger partial charge >= 0.3 is 0 Å². The molecule has 96 heavy (non-hydrogen) atoms. The Labute approximate surface area is 555 Å². The van der Waals surface area contributed by atoms with Crippen molar-refractivity contribution in [1.82, 2.24) is 0 Å². The first-order valence-electron chi connectivity index (χ1n) is 33.6. The van der Waals surface area contributed by atoms with Gasteiger partial charge in [-0.3, -0.25) is 0 Å². The van der Waals surface area contributed by atoms with Crippen LogP contribution in [0.4, 0.5) is 17.1 Å². The predicted molar refractivity (Wildman–Crippen MR) is 394 cm³/mol. The largest absolute Gasteiger partial charge is 0.456 e. The fraction of sp³-hybridized carbons (Fsp3) is 0.0538. The second-order valence-corrected chi connectivity index (χ2v) is 27.6. The highest BCUT2D eigenvalue weighted by Crippen LogP contribution is 2.70. The summed E-state index contributed by atoms with van der Waals surface area (Å²) in [5.41, 5.74) is 35.5. The predicted octanol–water partition coefficient (Wildman–Crippen LogP) is 24.4. The van der Waals surface area contributed by atoms with Crippen molar-refractivity contribution >= 4 is 71.7 Å². The van der Waals surface area contributed by atoms with Crippen LogP contribution in [0.3, 0.4) is 0 Å². The van der Waals surface area contributed by atoms with E-state index >= 15 is 0 Å². The van der Waals surface area contributed by atoms with Crippen molar-refractivity contribution in [3.63, 3.8) is 0 Å². The van der Waals surface area contributed by atoms with Crippen molar-refractivity contribution in [1.29, 1.82) is 0 Å². The zero-order chi connectivity index (χ0) is 62.9. The molecule has 2 heterocycles. The minimum atomic E-state index is -0.693. The Morgan fingerprint density at radius 3 is 1.39 bits per heavy atom. The summed E-state index contributed by atoms with van der Waals surface area (Å²) in [6, 6.07) is 117. The van der Waals surface area contributed by atoms with Crippen LogP contribution in [-0.4, -0.2) is 0 Å². The topological polar surface area (TPSA) is 29.5 Å². The molecule has 0 amide bonds. The first kappa shape index (κ1) is 52.5. The molecule has 0 fully saturated rings. The Kier molecular flexibility index (Phi) is 10.2. The molecule has 5 aliphatic rings. The molecule has 22 rings (SSSR count). The second-order valence-electron chi connectivity index (χ2n) is 27.6. The molecule has 0 saturated carbocycles. The second kappa shape index (κ2) is 18.6. The van der Waals surface area contributed by atoms with Crippen molar-refractivity contribution in [2.75, 3.05) is 4.90 Å².